The monoisotopic (exact) mass is 1080 g/mol. The molecule has 2 rings (SSSR count). The molecule has 2 fully saturated rings. The summed E-state index contributed by atoms with van der Waals surface area (Å²) in [6.07, 6.45) is 43.2. The summed E-state index contributed by atoms with van der Waals surface area (Å²) in [7, 11) is 0. The second-order valence-electron chi connectivity index (χ2n) is 21.8. The molecule has 12 atom stereocenters. The zero-order chi connectivity index (χ0) is 55.3. The minimum atomic E-state index is -1.79. The van der Waals surface area contributed by atoms with Gasteiger partial charge in [0.2, 0.25) is 5.91 Å². The number of allylic oxidation sites excluding steroid dienone is 7. The Morgan fingerprint density at radius 3 is 1.42 bits per heavy atom. The highest BCUT2D eigenvalue weighted by Crippen LogP contribution is 2.30. The maximum Gasteiger partial charge on any atom is 0.220 e. The third kappa shape index (κ3) is 32.9. The standard InChI is InChI=1S/C62H113NO13/c1-3-5-7-9-11-13-15-17-18-19-20-21-22-23-24-25-26-27-28-29-30-31-32-34-35-37-39-41-43-45-51(66)50(63-54(67)46-44-42-40-38-36-33-16-14-12-10-8-6-4-2)49-73-61-59(72)57(70)60(53(48-65)75-61)76-62-58(71)56(69)55(68)52(47-64)74-62/h8,10,14,16,35,37,43,45,50-53,55-62,64-66,68-72H,3-7,9,11-13,15,17-34,36,38-42,44,46-49H2,1-2H3,(H,63,67)/b10-8-,16-14-,37-35+,45-43+. The first-order chi connectivity index (χ1) is 37.1. The molecule has 2 aliphatic heterocycles. The number of nitrogens with one attached hydrogen (secondary N) is 1. The molecule has 0 radical (unpaired) electrons. The average molecular weight is 1080 g/mol. The van der Waals surface area contributed by atoms with Crippen LogP contribution >= 0.6 is 0 Å². The van der Waals surface area contributed by atoms with E-state index in [1.165, 1.54) is 148 Å². The molecule has 2 aliphatic rings. The molecule has 0 aromatic carbocycles. The Kier molecular flexibility index (Phi) is 44.0. The number of unbranched alkanes of at least 4 members (excludes halogenated alkanes) is 30. The third-order valence-corrected chi connectivity index (χ3v) is 15.0. The topological polar surface area (TPSA) is 228 Å². The van der Waals surface area contributed by atoms with Gasteiger partial charge in [0.25, 0.3) is 0 Å². The van der Waals surface area contributed by atoms with Crippen molar-refractivity contribution in [3.63, 3.8) is 0 Å². The van der Waals surface area contributed by atoms with Crippen LogP contribution in [0.25, 0.3) is 0 Å². The summed E-state index contributed by atoms with van der Waals surface area (Å²) in [5, 5.41) is 87.0. The van der Waals surface area contributed by atoms with Crippen LogP contribution in [0.5, 0.6) is 0 Å². The van der Waals surface area contributed by atoms with E-state index in [0.29, 0.717) is 12.8 Å². The van der Waals surface area contributed by atoms with Gasteiger partial charge < -0.3 is 65.1 Å². The zero-order valence-corrected chi connectivity index (χ0v) is 47.7. The van der Waals surface area contributed by atoms with E-state index in [4.69, 9.17) is 18.9 Å². The highest BCUT2D eigenvalue weighted by Gasteiger charge is 2.51. The molecule has 2 saturated heterocycles. The van der Waals surface area contributed by atoms with Gasteiger partial charge >= 0.3 is 0 Å². The van der Waals surface area contributed by atoms with Crippen molar-refractivity contribution in [2.24, 2.45) is 0 Å². The van der Waals surface area contributed by atoms with Gasteiger partial charge in [0, 0.05) is 6.42 Å². The molecule has 0 aliphatic carbocycles. The molecule has 12 unspecified atom stereocenters. The van der Waals surface area contributed by atoms with Crippen LogP contribution in [-0.2, 0) is 23.7 Å². The fraction of sp³-hybridized carbons (Fsp3) is 0.855. The molecule has 14 heteroatoms. The number of rotatable bonds is 49. The highest BCUT2D eigenvalue weighted by atomic mass is 16.7. The van der Waals surface area contributed by atoms with Gasteiger partial charge in [-0.1, -0.05) is 229 Å². The third-order valence-electron chi connectivity index (χ3n) is 15.0. The Morgan fingerprint density at radius 2 is 0.908 bits per heavy atom. The van der Waals surface area contributed by atoms with E-state index < -0.39 is 86.8 Å². The number of ether oxygens (including phenoxy) is 4. The minimum Gasteiger partial charge on any atom is -0.394 e. The maximum atomic E-state index is 13.2. The molecule has 9 N–H and O–H groups in total. The van der Waals surface area contributed by atoms with Gasteiger partial charge in [0.1, 0.15) is 48.8 Å². The summed E-state index contributed by atoms with van der Waals surface area (Å²) in [6, 6.07) is -0.940. The lowest BCUT2D eigenvalue weighted by molar-refractivity contribution is -0.359. The van der Waals surface area contributed by atoms with Gasteiger partial charge in [-0.25, -0.2) is 0 Å². The summed E-state index contributed by atoms with van der Waals surface area (Å²) in [5.41, 5.74) is 0. The minimum absolute atomic E-state index is 0.256. The molecule has 0 bridgehead atoms. The summed E-state index contributed by atoms with van der Waals surface area (Å²) in [4.78, 5) is 13.2. The van der Waals surface area contributed by atoms with Crippen LogP contribution in [0.2, 0.25) is 0 Å². The first-order valence-corrected chi connectivity index (χ1v) is 30.9. The molecule has 2 heterocycles. The second kappa shape index (κ2) is 47.7. The number of aliphatic hydroxyl groups is 8. The lowest BCUT2D eigenvalue weighted by Gasteiger charge is -2.46. The summed E-state index contributed by atoms with van der Waals surface area (Å²) >= 11 is 0. The first-order valence-electron chi connectivity index (χ1n) is 30.9. The van der Waals surface area contributed by atoms with Crippen molar-refractivity contribution in [3.8, 4) is 0 Å². The van der Waals surface area contributed by atoms with Gasteiger partial charge in [0.05, 0.1) is 32.0 Å². The number of amides is 1. The van der Waals surface area contributed by atoms with Crippen LogP contribution in [0.4, 0.5) is 0 Å². The lowest BCUT2D eigenvalue weighted by atomic mass is 9.97. The Hall–Kier alpha value is -2.05. The van der Waals surface area contributed by atoms with Crippen LogP contribution < -0.4 is 5.32 Å². The molecule has 0 aromatic heterocycles. The van der Waals surface area contributed by atoms with Crippen molar-refractivity contribution in [3.05, 3.63) is 48.6 Å². The second-order valence-corrected chi connectivity index (χ2v) is 21.8. The van der Waals surface area contributed by atoms with E-state index in [1.54, 1.807) is 6.08 Å². The normalized spacial score (nSPS) is 25.2. The van der Waals surface area contributed by atoms with Gasteiger partial charge in [-0.2, -0.15) is 0 Å². The molecular weight excluding hydrogens is 967 g/mol. The van der Waals surface area contributed by atoms with Crippen LogP contribution in [0.1, 0.15) is 245 Å². The Bertz CT molecular complexity index is 1460. The van der Waals surface area contributed by atoms with Crippen LogP contribution in [0.3, 0.4) is 0 Å². The summed E-state index contributed by atoms with van der Waals surface area (Å²) in [6.45, 7) is 2.71. The van der Waals surface area contributed by atoms with Gasteiger partial charge in [-0.3, -0.25) is 4.79 Å². The van der Waals surface area contributed by atoms with Crippen molar-refractivity contribution >= 4 is 5.91 Å². The van der Waals surface area contributed by atoms with Crippen molar-refractivity contribution in [1.29, 1.82) is 0 Å². The fourth-order valence-electron chi connectivity index (χ4n) is 9.99. The summed E-state index contributed by atoms with van der Waals surface area (Å²) < 4.78 is 22.7. The Balaban J connectivity index is 1.71. The van der Waals surface area contributed by atoms with E-state index >= 15 is 0 Å². The summed E-state index contributed by atoms with van der Waals surface area (Å²) in [5.74, 6) is -0.264. The molecule has 444 valence electrons. The quantitative estimate of drug-likeness (QED) is 0.0204. The molecule has 0 saturated carbocycles. The molecule has 1 amide bonds. The van der Waals surface area contributed by atoms with Gasteiger partial charge in [-0.15, -0.1) is 0 Å². The van der Waals surface area contributed by atoms with Crippen molar-refractivity contribution < 1.29 is 64.6 Å². The maximum absolute atomic E-state index is 13.2. The molecule has 14 nitrogen and oxygen atoms in total. The SMILES string of the molecule is CCC/C=C\C/C=C\CCCCCCCC(=O)NC(COC1OC(CO)C(OC2OC(CO)C(O)C(O)C2O)C(O)C1O)C(O)/C=C/CC/C=C/CCCCCCCCCCCCCCCCCCCCCCCCC. The number of hydrogen-bond acceptors (Lipinski definition) is 13. The smallest absolute Gasteiger partial charge is 0.220 e. The Morgan fingerprint density at radius 1 is 0.474 bits per heavy atom. The largest absolute Gasteiger partial charge is 0.394 e. The van der Waals surface area contributed by atoms with E-state index in [2.05, 4.69) is 55.6 Å². The number of hydrogen-bond donors (Lipinski definition) is 9. The van der Waals surface area contributed by atoms with Gasteiger partial charge in [-0.05, 0) is 57.8 Å². The van der Waals surface area contributed by atoms with Crippen LogP contribution in [0.15, 0.2) is 48.6 Å². The predicted octanol–water partition coefficient (Wildman–Crippen LogP) is 10.8. The van der Waals surface area contributed by atoms with Crippen molar-refractivity contribution in [2.45, 2.75) is 319 Å². The van der Waals surface area contributed by atoms with Crippen molar-refractivity contribution in [2.75, 3.05) is 19.8 Å². The molecule has 0 aromatic rings. The van der Waals surface area contributed by atoms with Crippen molar-refractivity contribution in [1.82, 2.24) is 5.32 Å². The van der Waals surface area contributed by atoms with E-state index in [-0.39, 0.29) is 18.9 Å². The molecule has 0 spiro atoms. The zero-order valence-electron chi connectivity index (χ0n) is 47.7. The highest BCUT2D eigenvalue weighted by molar-refractivity contribution is 5.76. The Labute approximate surface area is 461 Å². The van der Waals surface area contributed by atoms with Gasteiger partial charge in [0.15, 0.2) is 12.6 Å². The van der Waals surface area contributed by atoms with E-state index in [1.807, 2.05) is 6.08 Å². The first kappa shape index (κ1) is 70.1. The number of aliphatic hydroxyl groups excluding tert-OH is 8. The number of carbonyl (C=O) groups is 1. The predicted molar refractivity (Wildman–Crippen MR) is 304 cm³/mol. The molecule has 76 heavy (non-hydrogen) atoms. The van der Waals surface area contributed by atoms with E-state index in [9.17, 15) is 45.6 Å². The lowest BCUT2D eigenvalue weighted by Crippen LogP contribution is -2.65. The molecular formula is C62H113NO13. The van der Waals surface area contributed by atoms with Crippen LogP contribution in [-0.4, -0.2) is 140 Å². The number of carbonyl (C=O) groups excluding carboxylic acids is 1. The average Bonchev–Trinajstić information content (AvgIpc) is 3.42. The van der Waals surface area contributed by atoms with E-state index in [0.717, 1.165) is 64.2 Å². The van der Waals surface area contributed by atoms with Crippen LogP contribution in [0, 0.1) is 0 Å². The fourth-order valence-corrected chi connectivity index (χ4v) is 9.99.